The van der Waals surface area contributed by atoms with Gasteiger partial charge in [-0.2, -0.15) is 5.26 Å². The van der Waals surface area contributed by atoms with Crippen LogP contribution in [0.15, 0.2) is 53.3 Å². The number of benzene rings is 2. The van der Waals surface area contributed by atoms with Crippen molar-refractivity contribution in [3.63, 3.8) is 0 Å². The number of pyridine rings is 1. The number of nitrogens with zero attached hydrogens (tertiary/aromatic N) is 2. The molecule has 0 fully saturated rings. The number of nitriles is 1. The van der Waals surface area contributed by atoms with Crippen molar-refractivity contribution in [3.8, 4) is 29.2 Å². The van der Waals surface area contributed by atoms with E-state index in [1.165, 1.54) is 14.0 Å². The van der Waals surface area contributed by atoms with Crippen LogP contribution < -0.4 is 19.8 Å². The number of methoxy groups -OCH3 is 1. The average Bonchev–Trinajstić information content (AvgIpc) is 2.82. The van der Waals surface area contributed by atoms with Gasteiger partial charge in [0.05, 0.1) is 19.2 Å². The summed E-state index contributed by atoms with van der Waals surface area (Å²) in [4.78, 5) is 26.2. The highest BCUT2D eigenvalue weighted by atomic mass is 16.6. The zero-order valence-electron chi connectivity index (χ0n) is 17.5. The number of aromatic hydroxyl groups is 1. The first-order chi connectivity index (χ1) is 15.4. The Kier molecular flexibility index (Phi) is 5.56. The molecule has 0 spiro atoms. The van der Waals surface area contributed by atoms with E-state index < -0.39 is 23.3 Å². The molecular formula is C24H20N2O6. The van der Waals surface area contributed by atoms with Gasteiger partial charge in [0.2, 0.25) is 11.7 Å². The second-order valence-corrected chi connectivity index (χ2v) is 7.28. The maximum atomic E-state index is 13.3. The van der Waals surface area contributed by atoms with Crippen molar-refractivity contribution in [2.75, 3.05) is 13.7 Å². The molecular weight excluding hydrogens is 412 g/mol. The van der Waals surface area contributed by atoms with Crippen molar-refractivity contribution in [1.29, 1.82) is 5.26 Å². The summed E-state index contributed by atoms with van der Waals surface area (Å²) in [5, 5.41) is 20.5. The molecule has 162 valence electrons. The molecule has 1 aromatic heterocycles. The highest BCUT2D eigenvalue weighted by Gasteiger charge is 2.33. The van der Waals surface area contributed by atoms with Crippen LogP contribution in [0.3, 0.4) is 0 Å². The Morgan fingerprint density at radius 3 is 2.56 bits per heavy atom. The molecule has 1 N–H and O–H groups in total. The van der Waals surface area contributed by atoms with Crippen LogP contribution in [0.5, 0.6) is 23.1 Å². The Morgan fingerprint density at radius 2 is 1.91 bits per heavy atom. The van der Waals surface area contributed by atoms with Crippen LogP contribution in [0.2, 0.25) is 0 Å². The third-order valence-corrected chi connectivity index (χ3v) is 5.35. The number of fused-ring (bicyclic) bond motifs is 1. The average molecular weight is 432 g/mol. The Bertz CT molecular complexity index is 1290. The van der Waals surface area contributed by atoms with Gasteiger partial charge in [-0.15, -0.1) is 0 Å². The van der Waals surface area contributed by atoms with E-state index in [0.29, 0.717) is 22.8 Å². The number of Topliss-reactive ketones (excluding diaryl/α,β-unsaturated/α-hetero) is 1. The summed E-state index contributed by atoms with van der Waals surface area (Å²) in [6.45, 7) is 1.37. The Balaban J connectivity index is 1.75. The van der Waals surface area contributed by atoms with Crippen LogP contribution >= 0.6 is 0 Å². The van der Waals surface area contributed by atoms with Crippen molar-refractivity contribution in [2.24, 2.45) is 0 Å². The Morgan fingerprint density at radius 1 is 1.22 bits per heavy atom. The van der Waals surface area contributed by atoms with Crippen molar-refractivity contribution in [3.05, 3.63) is 81.1 Å². The molecule has 8 heteroatoms. The predicted octanol–water partition coefficient (Wildman–Crippen LogP) is 2.81. The minimum absolute atomic E-state index is 0.0330. The molecule has 32 heavy (non-hydrogen) atoms. The maximum absolute atomic E-state index is 13.3. The molecule has 0 amide bonds. The van der Waals surface area contributed by atoms with Crippen LogP contribution in [0.4, 0.5) is 0 Å². The van der Waals surface area contributed by atoms with Crippen molar-refractivity contribution in [2.45, 2.75) is 19.6 Å². The van der Waals surface area contributed by atoms with Gasteiger partial charge in [-0.3, -0.25) is 14.2 Å². The zero-order chi connectivity index (χ0) is 22.8. The fraction of sp³-hybridized carbons (Fsp3) is 0.208. The highest BCUT2D eigenvalue weighted by molar-refractivity contribution is 6.03. The molecule has 1 aliphatic rings. The number of aromatic nitrogens is 1. The molecule has 0 saturated heterocycles. The van der Waals surface area contributed by atoms with Crippen molar-refractivity contribution >= 4 is 5.78 Å². The molecule has 4 rings (SSSR count). The van der Waals surface area contributed by atoms with E-state index >= 15 is 0 Å². The van der Waals surface area contributed by atoms with Crippen LogP contribution in [0.1, 0.15) is 27.0 Å². The lowest BCUT2D eigenvalue weighted by Crippen LogP contribution is -2.38. The first-order valence-corrected chi connectivity index (χ1v) is 9.86. The maximum Gasteiger partial charge on any atom is 0.271 e. The molecule has 0 radical (unpaired) electrons. The molecule has 8 nitrogen and oxygen atoms in total. The van der Waals surface area contributed by atoms with Crippen molar-refractivity contribution < 1.29 is 24.1 Å². The largest absolute Gasteiger partial charge is 0.497 e. The van der Waals surface area contributed by atoms with E-state index in [-0.39, 0.29) is 29.8 Å². The van der Waals surface area contributed by atoms with Crippen LogP contribution in [0.25, 0.3) is 0 Å². The number of hydrogen-bond donors (Lipinski definition) is 1. The van der Waals surface area contributed by atoms with Crippen LogP contribution in [-0.2, 0) is 6.54 Å². The number of ketones is 1. The molecule has 1 aliphatic heterocycles. The minimum atomic E-state index is -1.03. The van der Waals surface area contributed by atoms with Gasteiger partial charge in [-0.25, -0.2) is 0 Å². The summed E-state index contributed by atoms with van der Waals surface area (Å²) >= 11 is 0. The second kappa shape index (κ2) is 8.47. The predicted molar refractivity (Wildman–Crippen MR) is 115 cm³/mol. The quantitative estimate of drug-likeness (QED) is 0.617. The molecule has 0 bridgehead atoms. The fourth-order valence-corrected chi connectivity index (χ4v) is 3.62. The van der Waals surface area contributed by atoms with Crippen LogP contribution in [0, 0.1) is 18.3 Å². The summed E-state index contributed by atoms with van der Waals surface area (Å²) in [6, 6.07) is 15.7. The standard InChI is InChI=1S/C24H20N2O6/c1-14-17(11-25)23(28)26(12-15-7-9-16(30-2)10-8-15)24(29)21(14)22(27)20-13-31-18-5-3-4-6-19(18)32-20/h3-10,20,29H,12-13H2,1-2H3. The molecule has 1 atom stereocenters. The van der Waals surface area contributed by atoms with E-state index in [4.69, 9.17) is 14.2 Å². The van der Waals surface area contributed by atoms with E-state index in [9.17, 15) is 20.0 Å². The van der Waals surface area contributed by atoms with E-state index in [1.54, 1.807) is 48.5 Å². The fourth-order valence-electron chi connectivity index (χ4n) is 3.62. The van der Waals surface area contributed by atoms with Gasteiger partial charge in [-0.1, -0.05) is 24.3 Å². The zero-order valence-corrected chi connectivity index (χ0v) is 17.5. The van der Waals surface area contributed by atoms with E-state index in [0.717, 1.165) is 4.57 Å². The van der Waals surface area contributed by atoms with Crippen molar-refractivity contribution in [1.82, 2.24) is 4.57 Å². The summed E-state index contributed by atoms with van der Waals surface area (Å²) in [5.41, 5.74) is -0.241. The molecule has 3 aromatic rings. The van der Waals surface area contributed by atoms with Gasteiger partial charge in [0.25, 0.3) is 5.56 Å². The molecule has 2 aromatic carbocycles. The SMILES string of the molecule is COc1ccc(Cn2c(O)c(C(=O)C3COc4ccccc4O3)c(C)c(C#N)c2=O)cc1. The van der Waals surface area contributed by atoms with Gasteiger partial charge in [0.15, 0.2) is 17.6 Å². The van der Waals surface area contributed by atoms with E-state index in [1.807, 2.05) is 6.07 Å². The summed E-state index contributed by atoms with van der Waals surface area (Å²) in [6.07, 6.45) is -1.03. The van der Waals surface area contributed by atoms with Gasteiger partial charge in [0.1, 0.15) is 24.0 Å². The lowest BCUT2D eigenvalue weighted by Gasteiger charge is -2.26. The summed E-state index contributed by atoms with van der Waals surface area (Å²) in [5.74, 6) is 0.461. The second-order valence-electron chi connectivity index (χ2n) is 7.28. The molecule has 0 saturated carbocycles. The number of ether oxygens (including phenoxy) is 3. The van der Waals surface area contributed by atoms with Gasteiger partial charge >= 0.3 is 0 Å². The number of carbonyl (C=O) groups excluding carboxylic acids is 1. The van der Waals surface area contributed by atoms with Crippen LogP contribution in [-0.4, -0.2) is 35.3 Å². The topological polar surface area (TPSA) is 111 Å². The molecule has 0 aliphatic carbocycles. The van der Waals surface area contributed by atoms with Gasteiger partial charge in [-0.05, 0) is 42.3 Å². The Hall–Kier alpha value is -4.25. The molecule has 2 heterocycles. The first-order valence-electron chi connectivity index (χ1n) is 9.86. The van der Waals surface area contributed by atoms with E-state index in [2.05, 4.69) is 0 Å². The number of rotatable bonds is 5. The lowest BCUT2D eigenvalue weighted by atomic mass is 9.98. The molecule has 1 unspecified atom stereocenters. The summed E-state index contributed by atoms with van der Waals surface area (Å²) in [7, 11) is 1.54. The van der Waals surface area contributed by atoms with Gasteiger partial charge < -0.3 is 19.3 Å². The number of para-hydroxylation sites is 2. The normalized spacial score (nSPS) is 14.5. The third kappa shape index (κ3) is 3.65. The number of carbonyl (C=O) groups is 1. The monoisotopic (exact) mass is 432 g/mol. The summed E-state index contributed by atoms with van der Waals surface area (Å²) < 4.78 is 17.5. The first kappa shape index (κ1) is 21.0. The highest BCUT2D eigenvalue weighted by Crippen LogP contribution is 2.33. The lowest BCUT2D eigenvalue weighted by molar-refractivity contribution is 0.0581. The third-order valence-electron chi connectivity index (χ3n) is 5.35. The minimum Gasteiger partial charge on any atom is -0.497 e. The Labute approximate surface area is 183 Å². The van der Waals surface area contributed by atoms with Gasteiger partial charge in [0, 0.05) is 0 Å². The smallest absolute Gasteiger partial charge is 0.271 e. The number of hydrogen-bond acceptors (Lipinski definition) is 7.